The minimum atomic E-state index is -0.885. The highest BCUT2D eigenvalue weighted by molar-refractivity contribution is 6.32. The van der Waals surface area contributed by atoms with E-state index in [4.69, 9.17) is 31.0 Å². The molecule has 12 heteroatoms. The normalized spacial score (nSPS) is 31.2. The molecule has 226 valence electrons. The van der Waals surface area contributed by atoms with Crippen LogP contribution >= 0.6 is 11.6 Å². The maximum atomic E-state index is 16.8. The van der Waals surface area contributed by atoms with Crippen molar-refractivity contribution in [2.75, 3.05) is 37.7 Å². The number of pyridine rings is 1. The van der Waals surface area contributed by atoms with Gasteiger partial charge >= 0.3 is 6.01 Å². The standard InChI is InChI=1S/C31H33ClF2N6O3/c32-20-9-18(41)8-19(23(20)15-2-3-15)26-25(34)27-24-28(40-12-17-4-5-21(35-17)22(40)13-42-29(24)36-26)38-30(37-27)43-14-31-6-1-7-39(31)11-16(33)10-31/h8-9,15-17,21-22,35,41H,1-7,10-14H2/t16-,17+,21-,22+,31-/m1/s1. The van der Waals surface area contributed by atoms with Gasteiger partial charge in [0.25, 0.3) is 0 Å². The smallest absolute Gasteiger partial charge is 0.319 e. The highest BCUT2D eigenvalue weighted by Gasteiger charge is 2.50. The molecular weight excluding hydrogens is 578 g/mol. The summed E-state index contributed by atoms with van der Waals surface area (Å²) in [6.45, 7) is 2.56. The van der Waals surface area contributed by atoms with E-state index in [0.717, 1.165) is 50.6 Å². The first kappa shape index (κ1) is 26.4. The summed E-state index contributed by atoms with van der Waals surface area (Å²) in [6, 6.07) is 3.57. The summed E-state index contributed by atoms with van der Waals surface area (Å²) in [5, 5.41) is 15.0. The second-order valence-electron chi connectivity index (χ2n) is 13.2. The molecule has 0 unspecified atom stereocenters. The first-order chi connectivity index (χ1) is 20.9. The molecule has 0 amide bonds. The van der Waals surface area contributed by atoms with E-state index in [1.807, 2.05) is 0 Å². The lowest BCUT2D eigenvalue weighted by atomic mass is 9.95. The minimum absolute atomic E-state index is 0.0197. The number of ether oxygens (including phenoxy) is 2. The molecule has 5 atom stereocenters. The fourth-order valence-corrected chi connectivity index (χ4v) is 8.76. The number of hydrogen-bond donors (Lipinski definition) is 2. The van der Waals surface area contributed by atoms with Gasteiger partial charge in [0.15, 0.2) is 5.82 Å². The summed E-state index contributed by atoms with van der Waals surface area (Å²) in [5.41, 5.74) is 0.920. The van der Waals surface area contributed by atoms with Crippen molar-refractivity contribution in [1.29, 1.82) is 0 Å². The molecule has 9 rings (SSSR count). The predicted octanol–water partition coefficient (Wildman–Crippen LogP) is 4.72. The molecule has 9 nitrogen and oxygen atoms in total. The molecule has 6 aliphatic rings. The van der Waals surface area contributed by atoms with E-state index in [2.05, 4.69) is 20.1 Å². The van der Waals surface area contributed by atoms with Crippen molar-refractivity contribution in [2.24, 2.45) is 0 Å². The highest BCUT2D eigenvalue weighted by atomic mass is 35.5. The maximum absolute atomic E-state index is 16.8. The molecule has 5 aliphatic heterocycles. The van der Waals surface area contributed by atoms with Gasteiger partial charge in [0.05, 0.1) is 11.6 Å². The number of alkyl halides is 1. The lowest BCUT2D eigenvalue weighted by Crippen LogP contribution is -2.60. The average Bonchev–Trinajstić information content (AvgIpc) is 3.56. The molecule has 4 saturated heterocycles. The third kappa shape index (κ3) is 4.10. The molecule has 1 saturated carbocycles. The molecule has 43 heavy (non-hydrogen) atoms. The second-order valence-corrected chi connectivity index (χ2v) is 13.6. The van der Waals surface area contributed by atoms with E-state index in [0.29, 0.717) is 53.9 Å². The molecule has 1 aromatic carbocycles. The average molecular weight is 611 g/mol. The van der Waals surface area contributed by atoms with E-state index in [9.17, 15) is 9.50 Å². The van der Waals surface area contributed by atoms with Gasteiger partial charge in [-0.3, -0.25) is 4.90 Å². The highest BCUT2D eigenvalue weighted by Crippen LogP contribution is 2.50. The van der Waals surface area contributed by atoms with Crippen molar-refractivity contribution < 1.29 is 23.4 Å². The lowest BCUT2D eigenvalue weighted by molar-refractivity contribution is 0.107. The number of phenolic OH excluding ortho intramolecular Hbond substituents is 1. The van der Waals surface area contributed by atoms with Gasteiger partial charge in [-0.2, -0.15) is 9.97 Å². The Morgan fingerprint density at radius 1 is 1.16 bits per heavy atom. The Kier molecular flexibility index (Phi) is 5.82. The number of hydrogen-bond acceptors (Lipinski definition) is 9. The molecular formula is C31H33ClF2N6O3. The van der Waals surface area contributed by atoms with E-state index in [1.165, 1.54) is 12.1 Å². The number of anilines is 1. The van der Waals surface area contributed by atoms with E-state index in [-0.39, 0.29) is 53.5 Å². The third-order valence-electron chi connectivity index (χ3n) is 10.5. The number of rotatable bonds is 5. The Morgan fingerprint density at radius 2 is 2.05 bits per heavy atom. The number of fused-ring (bicyclic) bond motifs is 6. The number of aromatic nitrogens is 3. The number of aromatic hydroxyl groups is 1. The summed E-state index contributed by atoms with van der Waals surface area (Å²) < 4.78 is 44.0. The minimum Gasteiger partial charge on any atom is -0.508 e. The molecule has 7 heterocycles. The number of nitrogens with one attached hydrogen (secondary N) is 1. The fourth-order valence-electron chi connectivity index (χ4n) is 8.39. The van der Waals surface area contributed by atoms with Crippen molar-refractivity contribution >= 4 is 28.3 Å². The van der Waals surface area contributed by atoms with Crippen LogP contribution in [-0.2, 0) is 0 Å². The van der Waals surface area contributed by atoms with Crippen LogP contribution in [0.2, 0.25) is 5.02 Å². The SMILES string of the molecule is Oc1cc(Cl)c(C2CC2)c(-c2nc3c4c(nc(OC[C@]56CCCN5C[C@H](F)C6)nc4c2F)N2C[C@@H]4CC[C@@H](N4)[C@@H]2CO3)c1. The largest absolute Gasteiger partial charge is 0.508 e. The number of nitrogens with zero attached hydrogens (tertiary/aromatic N) is 5. The van der Waals surface area contributed by atoms with E-state index >= 15 is 4.39 Å². The molecule has 2 bridgehead atoms. The van der Waals surface area contributed by atoms with Crippen molar-refractivity contribution in [3.05, 3.63) is 28.5 Å². The topological polar surface area (TPSA) is 95.9 Å². The van der Waals surface area contributed by atoms with Crippen LogP contribution in [0.15, 0.2) is 12.1 Å². The van der Waals surface area contributed by atoms with Gasteiger partial charge in [-0.25, -0.2) is 13.8 Å². The van der Waals surface area contributed by atoms with Crippen LogP contribution in [0, 0.1) is 5.82 Å². The lowest BCUT2D eigenvalue weighted by Gasteiger charge is -2.40. The van der Waals surface area contributed by atoms with Crippen LogP contribution in [0.5, 0.6) is 17.6 Å². The van der Waals surface area contributed by atoms with E-state index in [1.54, 1.807) is 0 Å². The quantitative estimate of drug-likeness (QED) is 0.425. The van der Waals surface area contributed by atoms with Gasteiger partial charge in [-0.15, -0.1) is 0 Å². The Labute approximate surface area is 252 Å². The van der Waals surface area contributed by atoms with Gasteiger partial charge in [-0.05, 0) is 68.7 Å². The molecule has 5 fully saturated rings. The zero-order valence-electron chi connectivity index (χ0n) is 23.7. The van der Waals surface area contributed by atoms with Crippen LogP contribution in [0.1, 0.15) is 56.4 Å². The number of benzene rings is 1. The first-order valence-corrected chi connectivity index (χ1v) is 15.9. The first-order valence-electron chi connectivity index (χ1n) is 15.5. The summed E-state index contributed by atoms with van der Waals surface area (Å²) in [7, 11) is 0. The molecule has 0 spiro atoms. The Hall–Kier alpha value is -3.02. The number of piperazine rings is 1. The van der Waals surface area contributed by atoms with Gasteiger partial charge in [-0.1, -0.05) is 11.6 Å². The van der Waals surface area contributed by atoms with Gasteiger partial charge in [0.2, 0.25) is 5.88 Å². The van der Waals surface area contributed by atoms with Crippen LogP contribution in [0.3, 0.4) is 0 Å². The molecule has 1 aliphatic carbocycles. The Bertz CT molecular complexity index is 1660. The monoisotopic (exact) mass is 610 g/mol. The van der Waals surface area contributed by atoms with Crippen molar-refractivity contribution in [3.63, 3.8) is 0 Å². The summed E-state index contributed by atoms with van der Waals surface area (Å²) >= 11 is 6.60. The molecule has 0 radical (unpaired) electrons. The predicted molar refractivity (Wildman–Crippen MR) is 156 cm³/mol. The van der Waals surface area contributed by atoms with Gasteiger partial charge in [0.1, 0.15) is 47.5 Å². The molecule has 2 N–H and O–H groups in total. The van der Waals surface area contributed by atoms with Gasteiger partial charge in [0, 0.05) is 42.2 Å². The van der Waals surface area contributed by atoms with Crippen molar-refractivity contribution in [3.8, 4) is 28.9 Å². The second kappa shape index (κ2) is 9.49. The van der Waals surface area contributed by atoms with Crippen molar-refractivity contribution in [2.45, 2.75) is 80.7 Å². The summed E-state index contributed by atoms with van der Waals surface area (Å²) in [4.78, 5) is 18.7. The van der Waals surface area contributed by atoms with E-state index < -0.39 is 17.5 Å². The van der Waals surface area contributed by atoms with Crippen LogP contribution in [0.25, 0.3) is 22.2 Å². The number of phenols is 1. The van der Waals surface area contributed by atoms with Gasteiger partial charge < -0.3 is 24.8 Å². The Balaban J connectivity index is 1.21. The summed E-state index contributed by atoms with van der Waals surface area (Å²) in [5.74, 6) is 0.292. The zero-order chi connectivity index (χ0) is 29.0. The molecule has 3 aromatic rings. The fraction of sp³-hybridized carbons (Fsp3) is 0.581. The van der Waals surface area contributed by atoms with Crippen LogP contribution in [0.4, 0.5) is 14.6 Å². The maximum Gasteiger partial charge on any atom is 0.319 e. The van der Waals surface area contributed by atoms with Crippen molar-refractivity contribution in [1.82, 2.24) is 25.2 Å². The number of halogens is 3. The summed E-state index contributed by atoms with van der Waals surface area (Å²) in [6.07, 6.45) is 5.31. The zero-order valence-corrected chi connectivity index (χ0v) is 24.4. The Morgan fingerprint density at radius 3 is 2.91 bits per heavy atom. The third-order valence-corrected chi connectivity index (χ3v) is 10.8. The van der Waals surface area contributed by atoms with Crippen LogP contribution in [-0.4, -0.2) is 87.6 Å². The molecule has 2 aromatic heterocycles. The van der Waals surface area contributed by atoms with Crippen LogP contribution < -0.4 is 19.7 Å².